The SMILES string of the molecule is CN(Cc1cccs1)CC(C)(C)C(=O)c1ccccc1. The van der Waals surface area contributed by atoms with Crippen LogP contribution >= 0.6 is 11.3 Å². The van der Waals surface area contributed by atoms with Gasteiger partial charge in [-0.15, -0.1) is 11.3 Å². The van der Waals surface area contributed by atoms with E-state index in [1.165, 1.54) is 4.88 Å². The molecule has 1 aromatic heterocycles. The molecule has 0 atom stereocenters. The Balaban J connectivity index is 2.01. The predicted molar refractivity (Wildman–Crippen MR) is 85.2 cm³/mol. The number of rotatable bonds is 6. The molecule has 1 aromatic carbocycles. The van der Waals surface area contributed by atoms with Crippen LogP contribution in [0.4, 0.5) is 0 Å². The molecular formula is C17H21NOS. The highest BCUT2D eigenvalue weighted by molar-refractivity contribution is 7.09. The molecule has 0 saturated carbocycles. The number of benzene rings is 1. The summed E-state index contributed by atoms with van der Waals surface area (Å²) in [6, 6.07) is 13.7. The van der Waals surface area contributed by atoms with Gasteiger partial charge in [0.2, 0.25) is 0 Å². The summed E-state index contributed by atoms with van der Waals surface area (Å²) < 4.78 is 0. The van der Waals surface area contributed by atoms with Gasteiger partial charge >= 0.3 is 0 Å². The van der Waals surface area contributed by atoms with Crippen LogP contribution in [0.25, 0.3) is 0 Å². The molecule has 0 bridgehead atoms. The van der Waals surface area contributed by atoms with Crippen LogP contribution in [-0.2, 0) is 6.54 Å². The molecule has 0 N–H and O–H groups in total. The van der Waals surface area contributed by atoms with Crippen LogP contribution in [0.3, 0.4) is 0 Å². The standard InChI is InChI=1S/C17H21NOS/c1-17(2,16(19)14-8-5-4-6-9-14)13-18(3)12-15-10-7-11-20-15/h4-11H,12-13H2,1-3H3. The third kappa shape index (κ3) is 3.78. The molecule has 0 spiro atoms. The topological polar surface area (TPSA) is 20.3 Å². The first-order valence-electron chi connectivity index (χ1n) is 6.80. The van der Waals surface area contributed by atoms with Gasteiger partial charge < -0.3 is 4.90 Å². The fraction of sp³-hybridized carbons (Fsp3) is 0.353. The molecule has 1 heterocycles. The van der Waals surface area contributed by atoms with Gasteiger partial charge in [-0.1, -0.05) is 50.2 Å². The van der Waals surface area contributed by atoms with E-state index in [9.17, 15) is 4.79 Å². The highest BCUT2D eigenvalue weighted by Crippen LogP contribution is 2.24. The molecule has 20 heavy (non-hydrogen) atoms. The van der Waals surface area contributed by atoms with Crippen LogP contribution in [0, 0.1) is 5.41 Å². The summed E-state index contributed by atoms with van der Waals surface area (Å²) in [6.45, 7) is 5.68. The number of Topliss-reactive ketones (excluding diaryl/α,β-unsaturated/α-hetero) is 1. The normalized spacial score (nSPS) is 11.8. The second-order valence-electron chi connectivity index (χ2n) is 5.83. The van der Waals surface area contributed by atoms with E-state index in [0.717, 1.165) is 18.7 Å². The van der Waals surface area contributed by atoms with Crippen molar-refractivity contribution in [1.29, 1.82) is 0 Å². The summed E-state index contributed by atoms with van der Waals surface area (Å²) in [7, 11) is 2.07. The highest BCUT2D eigenvalue weighted by Gasteiger charge is 2.29. The Morgan fingerprint density at radius 3 is 2.45 bits per heavy atom. The fourth-order valence-electron chi connectivity index (χ4n) is 2.45. The molecule has 0 aliphatic rings. The monoisotopic (exact) mass is 287 g/mol. The van der Waals surface area contributed by atoms with Gasteiger partial charge in [0.1, 0.15) is 0 Å². The van der Waals surface area contributed by atoms with Crippen molar-refractivity contribution in [3.63, 3.8) is 0 Å². The van der Waals surface area contributed by atoms with Crippen molar-refractivity contribution < 1.29 is 4.79 Å². The van der Waals surface area contributed by atoms with E-state index in [0.29, 0.717) is 0 Å². The van der Waals surface area contributed by atoms with E-state index >= 15 is 0 Å². The van der Waals surface area contributed by atoms with E-state index in [-0.39, 0.29) is 11.2 Å². The zero-order valence-corrected chi connectivity index (χ0v) is 13.1. The smallest absolute Gasteiger partial charge is 0.169 e. The first kappa shape index (κ1) is 14.9. The molecule has 0 radical (unpaired) electrons. The largest absolute Gasteiger partial charge is 0.300 e. The predicted octanol–water partition coefficient (Wildman–Crippen LogP) is 4.09. The Labute approximate surface area is 125 Å². The molecule has 2 rings (SSSR count). The van der Waals surface area contributed by atoms with E-state index < -0.39 is 0 Å². The Kier molecular flexibility index (Phi) is 4.73. The first-order chi connectivity index (χ1) is 9.49. The van der Waals surface area contributed by atoms with Crippen molar-refractivity contribution in [1.82, 2.24) is 4.90 Å². The first-order valence-corrected chi connectivity index (χ1v) is 7.68. The van der Waals surface area contributed by atoms with Gasteiger partial charge in [-0.25, -0.2) is 0 Å². The molecule has 0 fully saturated rings. The molecule has 0 aliphatic carbocycles. The van der Waals surface area contributed by atoms with Crippen molar-refractivity contribution in [2.24, 2.45) is 5.41 Å². The minimum atomic E-state index is -0.382. The maximum absolute atomic E-state index is 12.6. The van der Waals surface area contributed by atoms with Gasteiger partial charge in [-0.2, -0.15) is 0 Å². The molecule has 106 valence electrons. The lowest BCUT2D eigenvalue weighted by Gasteiger charge is -2.29. The zero-order valence-electron chi connectivity index (χ0n) is 12.3. The molecule has 2 aromatic rings. The lowest BCUT2D eigenvalue weighted by molar-refractivity contribution is 0.0779. The van der Waals surface area contributed by atoms with Crippen LogP contribution in [0.2, 0.25) is 0 Å². The number of nitrogens with zero attached hydrogens (tertiary/aromatic N) is 1. The van der Waals surface area contributed by atoms with Crippen LogP contribution < -0.4 is 0 Å². The number of hydrogen-bond donors (Lipinski definition) is 0. The minimum Gasteiger partial charge on any atom is -0.300 e. The summed E-state index contributed by atoms with van der Waals surface area (Å²) in [5, 5.41) is 2.09. The lowest BCUT2D eigenvalue weighted by atomic mass is 9.84. The third-order valence-corrected chi connectivity index (χ3v) is 4.18. The fourth-order valence-corrected chi connectivity index (χ4v) is 3.24. The van der Waals surface area contributed by atoms with Crippen LogP contribution in [0.15, 0.2) is 47.8 Å². The van der Waals surface area contributed by atoms with Crippen LogP contribution in [-0.4, -0.2) is 24.3 Å². The highest BCUT2D eigenvalue weighted by atomic mass is 32.1. The van der Waals surface area contributed by atoms with Gasteiger partial charge in [0.15, 0.2) is 5.78 Å². The molecule has 0 amide bonds. The van der Waals surface area contributed by atoms with Gasteiger partial charge in [0.25, 0.3) is 0 Å². The van der Waals surface area contributed by atoms with Crippen molar-refractivity contribution in [2.75, 3.05) is 13.6 Å². The summed E-state index contributed by atoms with van der Waals surface area (Å²) >= 11 is 1.76. The zero-order chi connectivity index (χ0) is 14.6. The Morgan fingerprint density at radius 1 is 1.15 bits per heavy atom. The molecule has 0 aliphatic heterocycles. The second-order valence-corrected chi connectivity index (χ2v) is 6.86. The van der Waals surface area contributed by atoms with E-state index in [4.69, 9.17) is 0 Å². The maximum Gasteiger partial charge on any atom is 0.169 e. The average Bonchev–Trinajstić information content (AvgIpc) is 2.91. The summed E-state index contributed by atoms with van der Waals surface area (Å²) in [5.74, 6) is 0.205. The summed E-state index contributed by atoms with van der Waals surface area (Å²) in [4.78, 5) is 16.1. The Hall–Kier alpha value is -1.45. The van der Waals surface area contributed by atoms with Gasteiger partial charge in [-0.05, 0) is 18.5 Å². The number of carbonyl (C=O) groups is 1. The summed E-state index contributed by atoms with van der Waals surface area (Å²) in [5.41, 5.74) is 0.412. The number of hydrogen-bond acceptors (Lipinski definition) is 3. The Morgan fingerprint density at radius 2 is 1.85 bits per heavy atom. The van der Waals surface area contributed by atoms with Gasteiger partial charge in [0, 0.05) is 28.9 Å². The average molecular weight is 287 g/mol. The maximum atomic E-state index is 12.6. The molecule has 0 unspecified atom stereocenters. The summed E-state index contributed by atoms with van der Waals surface area (Å²) in [6.07, 6.45) is 0. The van der Waals surface area contributed by atoms with Crippen molar-refractivity contribution in [3.8, 4) is 0 Å². The third-order valence-electron chi connectivity index (χ3n) is 3.32. The van der Waals surface area contributed by atoms with Gasteiger partial charge in [-0.3, -0.25) is 4.79 Å². The van der Waals surface area contributed by atoms with E-state index in [1.807, 2.05) is 44.2 Å². The van der Waals surface area contributed by atoms with Crippen molar-refractivity contribution >= 4 is 17.1 Å². The molecular weight excluding hydrogens is 266 g/mol. The molecule has 2 nitrogen and oxygen atoms in total. The van der Waals surface area contributed by atoms with Gasteiger partial charge in [0.05, 0.1) is 0 Å². The molecule has 3 heteroatoms. The quantitative estimate of drug-likeness (QED) is 0.746. The minimum absolute atomic E-state index is 0.205. The van der Waals surface area contributed by atoms with Crippen molar-refractivity contribution in [3.05, 3.63) is 58.3 Å². The number of ketones is 1. The molecule has 0 saturated heterocycles. The van der Waals surface area contributed by atoms with Crippen molar-refractivity contribution in [2.45, 2.75) is 20.4 Å². The number of carbonyl (C=O) groups excluding carboxylic acids is 1. The van der Waals surface area contributed by atoms with E-state index in [2.05, 4.69) is 29.5 Å². The lowest BCUT2D eigenvalue weighted by Crippen LogP contribution is -2.37. The van der Waals surface area contributed by atoms with E-state index in [1.54, 1.807) is 11.3 Å². The van der Waals surface area contributed by atoms with Crippen LogP contribution in [0.5, 0.6) is 0 Å². The van der Waals surface area contributed by atoms with Crippen LogP contribution in [0.1, 0.15) is 29.1 Å². The number of thiophene rings is 1. The Bertz CT molecular complexity index is 546. The second kappa shape index (κ2) is 6.33.